The summed E-state index contributed by atoms with van der Waals surface area (Å²) < 4.78 is 6.96. The Labute approximate surface area is 331 Å². The van der Waals surface area contributed by atoms with E-state index in [-0.39, 0.29) is 5.92 Å². The van der Waals surface area contributed by atoms with E-state index in [2.05, 4.69) is 142 Å². The predicted molar refractivity (Wildman–Crippen MR) is 236 cm³/mol. The van der Waals surface area contributed by atoms with Gasteiger partial charge in [0.1, 0.15) is 5.75 Å². The average Bonchev–Trinajstić information content (AvgIpc) is 4.02. The summed E-state index contributed by atoms with van der Waals surface area (Å²) in [6.07, 6.45) is 18.9. The lowest BCUT2D eigenvalue weighted by molar-refractivity contribution is 0.410. The molecule has 6 heteroatoms. The molecule has 2 aliphatic heterocycles. The molecular formula is C48H59BrN4O. The van der Waals surface area contributed by atoms with E-state index in [4.69, 9.17) is 14.7 Å². The Morgan fingerprint density at radius 2 is 1.11 bits per heavy atom. The molecule has 8 bridgehead atoms. The highest BCUT2D eigenvalue weighted by molar-refractivity contribution is 9.10. The van der Waals surface area contributed by atoms with Crippen molar-refractivity contribution in [3.8, 4) is 5.75 Å². The molecule has 0 radical (unpaired) electrons. The minimum atomic E-state index is 0.114. The standard InChI is InChI=1S/C48H59BrN4O/c1-10-29(11-2)44-36-19-20-37(50-36)45(30(12-3)13-4)39-23-24-41(52-39)47(32(16-7)17-8)48-34(26-33-27-35(49)18-25-43(33)54-9)28-42(53-48)46(31(14-5)15-6)40-22-21-38(44)51-40/h16,18-25,27-32,52-53H,7,10-15,17,26H2,1-6,8-9H3. The Bertz CT molecular complexity index is 2210. The number of aromatic nitrogens is 4. The number of nitrogens with zero attached hydrogens (tertiary/aromatic N) is 2. The van der Waals surface area contributed by atoms with Crippen molar-refractivity contribution >= 4 is 62.3 Å². The van der Waals surface area contributed by atoms with Gasteiger partial charge in [0.15, 0.2) is 0 Å². The summed E-state index contributed by atoms with van der Waals surface area (Å²) in [5, 5.41) is 0. The van der Waals surface area contributed by atoms with E-state index in [1.807, 2.05) is 6.07 Å². The number of aromatic amines is 2. The first kappa shape index (κ1) is 39.5. The second-order valence-electron chi connectivity index (χ2n) is 14.9. The number of benzene rings is 1. The largest absolute Gasteiger partial charge is 0.496 e. The average molecular weight is 788 g/mol. The molecule has 0 saturated heterocycles. The highest BCUT2D eigenvalue weighted by atomic mass is 79.9. The fourth-order valence-electron chi connectivity index (χ4n) is 8.93. The normalized spacial score (nSPS) is 13.1. The number of rotatable bonds is 15. The topological polar surface area (TPSA) is 66.6 Å². The van der Waals surface area contributed by atoms with Crippen LogP contribution < -0.4 is 4.74 Å². The monoisotopic (exact) mass is 786 g/mol. The summed E-state index contributed by atoms with van der Waals surface area (Å²) in [5.41, 5.74) is 16.1. The fourth-order valence-corrected chi connectivity index (χ4v) is 9.34. The van der Waals surface area contributed by atoms with E-state index in [0.29, 0.717) is 24.2 Å². The molecule has 5 nitrogen and oxygen atoms in total. The lowest BCUT2D eigenvalue weighted by atomic mass is 9.91. The van der Waals surface area contributed by atoms with Gasteiger partial charge in [-0.15, -0.1) is 6.58 Å². The van der Waals surface area contributed by atoms with Gasteiger partial charge in [0.25, 0.3) is 0 Å². The highest BCUT2D eigenvalue weighted by Crippen LogP contribution is 2.40. The first-order valence-corrected chi connectivity index (χ1v) is 21.2. The third-order valence-corrected chi connectivity index (χ3v) is 12.5. The maximum absolute atomic E-state index is 5.92. The number of methoxy groups -OCH3 is 1. The van der Waals surface area contributed by atoms with Gasteiger partial charge in [-0.1, -0.05) is 70.5 Å². The molecular weight excluding hydrogens is 728 g/mol. The lowest BCUT2D eigenvalue weighted by Crippen LogP contribution is -2.04. The smallest absolute Gasteiger partial charge is 0.122 e. The van der Waals surface area contributed by atoms with E-state index in [0.717, 1.165) is 106 Å². The third-order valence-electron chi connectivity index (χ3n) is 12.0. The number of hydrogen-bond acceptors (Lipinski definition) is 3. The van der Waals surface area contributed by atoms with Crippen molar-refractivity contribution in [2.75, 3.05) is 7.11 Å². The number of ether oxygens (including phenoxy) is 1. The summed E-state index contributed by atoms with van der Waals surface area (Å²) in [7, 11) is 1.76. The summed E-state index contributed by atoms with van der Waals surface area (Å²) in [6, 6.07) is 13.2. The molecule has 0 saturated carbocycles. The van der Waals surface area contributed by atoms with Crippen LogP contribution in [0.3, 0.4) is 0 Å². The van der Waals surface area contributed by atoms with Crippen molar-refractivity contribution < 1.29 is 4.74 Å². The molecule has 4 aromatic rings. The van der Waals surface area contributed by atoms with Crippen molar-refractivity contribution in [2.24, 2.45) is 0 Å². The Morgan fingerprint density at radius 1 is 0.611 bits per heavy atom. The first-order chi connectivity index (χ1) is 26.3. The van der Waals surface area contributed by atoms with Crippen molar-refractivity contribution in [2.45, 2.75) is 124 Å². The molecule has 54 heavy (non-hydrogen) atoms. The molecule has 284 valence electrons. The number of fused-ring (bicyclic) bond motifs is 8. The Balaban J connectivity index is 1.88. The molecule has 0 amide bonds. The van der Waals surface area contributed by atoms with Gasteiger partial charge < -0.3 is 14.7 Å². The second kappa shape index (κ2) is 17.5. The zero-order chi connectivity index (χ0) is 38.5. The van der Waals surface area contributed by atoms with E-state index in [9.17, 15) is 0 Å². The maximum Gasteiger partial charge on any atom is 0.122 e. The van der Waals surface area contributed by atoms with E-state index in [1.165, 1.54) is 27.8 Å². The van der Waals surface area contributed by atoms with Crippen LogP contribution in [0.25, 0.3) is 46.4 Å². The van der Waals surface area contributed by atoms with Crippen molar-refractivity contribution in [3.05, 3.63) is 110 Å². The highest BCUT2D eigenvalue weighted by Gasteiger charge is 2.25. The fraction of sp³-hybridized carbons (Fsp3) is 0.417. The van der Waals surface area contributed by atoms with E-state index < -0.39 is 0 Å². The number of halogens is 1. The molecule has 1 aromatic carbocycles. The van der Waals surface area contributed by atoms with Crippen LogP contribution in [0, 0.1) is 0 Å². The van der Waals surface area contributed by atoms with Crippen LogP contribution >= 0.6 is 15.9 Å². The molecule has 3 aromatic heterocycles. The van der Waals surface area contributed by atoms with Crippen LogP contribution in [0.4, 0.5) is 0 Å². The number of H-pyrrole nitrogens is 2. The van der Waals surface area contributed by atoms with Crippen molar-refractivity contribution in [1.82, 2.24) is 19.9 Å². The van der Waals surface area contributed by atoms with Crippen LogP contribution in [0.5, 0.6) is 5.75 Å². The molecule has 0 fully saturated rings. The predicted octanol–water partition coefficient (Wildman–Crippen LogP) is 14.4. The van der Waals surface area contributed by atoms with Gasteiger partial charge in [-0.2, -0.15) is 0 Å². The summed E-state index contributed by atoms with van der Waals surface area (Å²) in [6.45, 7) is 20.4. The Kier molecular flexibility index (Phi) is 12.8. The minimum absolute atomic E-state index is 0.114. The van der Waals surface area contributed by atoms with Crippen LogP contribution in [0.2, 0.25) is 0 Å². The molecule has 1 atom stereocenters. The van der Waals surface area contributed by atoms with Crippen molar-refractivity contribution in [1.29, 1.82) is 0 Å². The number of hydrogen-bond donors (Lipinski definition) is 2. The zero-order valence-corrected chi connectivity index (χ0v) is 35.3. The molecule has 1 unspecified atom stereocenters. The third kappa shape index (κ3) is 7.56. The zero-order valence-electron chi connectivity index (χ0n) is 33.7. The van der Waals surface area contributed by atoms with Gasteiger partial charge in [-0.3, -0.25) is 0 Å². The Morgan fingerprint density at radius 3 is 1.61 bits per heavy atom. The molecule has 0 spiro atoms. The van der Waals surface area contributed by atoms with Gasteiger partial charge in [0.2, 0.25) is 0 Å². The summed E-state index contributed by atoms with van der Waals surface area (Å²) >= 11 is 3.75. The van der Waals surface area contributed by atoms with E-state index in [1.54, 1.807) is 7.11 Å². The summed E-state index contributed by atoms with van der Waals surface area (Å²) in [4.78, 5) is 19.1. The number of nitrogens with one attached hydrogen (secondary N) is 2. The van der Waals surface area contributed by atoms with Gasteiger partial charge in [-0.05, 0) is 135 Å². The maximum atomic E-state index is 5.92. The van der Waals surface area contributed by atoms with E-state index >= 15 is 0 Å². The molecule has 2 aliphatic rings. The number of allylic oxidation sites excluding steroid dienone is 1. The first-order valence-electron chi connectivity index (χ1n) is 20.4. The van der Waals surface area contributed by atoms with Gasteiger partial charge in [-0.25, -0.2) is 9.97 Å². The summed E-state index contributed by atoms with van der Waals surface area (Å²) in [5.74, 6) is 2.03. The molecule has 5 heterocycles. The van der Waals surface area contributed by atoms with Crippen molar-refractivity contribution in [3.63, 3.8) is 0 Å². The van der Waals surface area contributed by atoms with Gasteiger partial charge in [0, 0.05) is 61.1 Å². The Hall–Kier alpha value is -4.16. The van der Waals surface area contributed by atoms with Crippen LogP contribution in [-0.2, 0) is 6.42 Å². The van der Waals surface area contributed by atoms with Crippen LogP contribution in [0.1, 0.15) is 173 Å². The second-order valence-corrected chi connectivity index (χ2v) is 15.8. The molecule has 0 aliphatic carbocycles. The van der Waals surface area contributed by atoms with Gasteiger partial charge in [0.05, 0.1) is 29.9 Å². The van der Waals surface area contributed by atoms with Gasteiger partial charge >= 0.3 is 0 Å². The molecule has 2 N–H and O–H groups in total. The lowest BCUT2D eigenvalue weighted by Gasteiger charge is -2.16. The minimum Gasteiger partial charge on any atom is -0.496 e. The van der Waals surface area contributed by atoms with Crippen LogP contribution in [-0.4, -0.2) is 27.0 Å². The SMILES string of the molecule is C=CC(CC)c1c2ccc([nH]2)c(C(CC)CC)c2nc(c(C(CC)CC)c3nc(c(C(CC)CC)c4cc(Cc5cc(Br)ccc5OC)c1[nH]4)C=C3)C=C2. The quantitative estimate of drug-likeness (QED) is 0.102. The molecule has 6 rings (SSSR count). The van der Waals surface area contributed by atoms with Crippen LogP contribution in [0.15, 0.2) is 53.5 Å².